The Labute approximate surface area is 339 Å². The van der Waals surface area contributed by atoms with Gasteiger partial charge in [-0.15, -0.1) is 0 Å². The maximum atomic E-state index is 12.8. The van der Waals surface area contributed by atoms with Gasteiger partial charge in [0, 0.05) is 13.0 Å². The van der Waals surface area contributed by atoms with Crippen LogP contribution < -0.4 is 0 Å². The molecule has 6 unspecified atom stereocenters. The van der Waals surface area contributed by atoms with E-state index >= 15 is 0 Å². The fourth-order valence-electron chi connectivity index (χ4n) is 6.74. The quantitative estimate of drug-likeness (QED) is 0.0152. The van der Waals surface area contributed by atoms with Crippen molar-refractivity contribution in [2.45, 2.75) is 224 Å². The van der Waals surface area contributed by atoms with Crippen molar-refractivity contribution in [1.82, 2.24) is 0 Å². The molecular weight excluding hydrogens is 739 g/mol. The average Bonchev–Trinajstić information content (AvgIpc) is 3.18. The second-order valence-electron chi connectivity index (χ2n) is 15.6. The van der Waals surface area contributed by atoms with Crippen molar-refractivity contribution in [2.75, 3.05) is 19.8 Å². The molecule has 1 saturated carbocycles. The predicted octanol–water partition coefficient (Wildman–Crippen LogP) is 8.53. The van der Waals surface area contributed by atoms with Gasteiger partial charge in [-0.1, -0.05) is 154 Å². The molecule has 0 amide bonds. The molecule has 6 atom stereocenters. The topological polar surface area (TPSA) is 192 Å². The number of aliphatic hydroxyl groups excluding tert-OH is 5. The lowest BCUT2D eigenvalue weighted by atomic mass is 9.85. The van der Waals surface area contributed by atoms with Crippen LogP contribution in [0.3, 0.4) is 0 Å². The van der Waals surface area contributed by atoms with E-state index in [-0.39, 0.29) is 13.0 Å². The molecule has 0 aromatic heterocycles. The van der Waals surface area contributed by atoms with E-state index in [0.717, 1.165) is 57.8 Å². The number of carbonyl (C=O) groups excluding carboxylic acids is 1. The number of aliphatic hydroxyl groups is 5. The molecule has 330 valence electrons. The monoisotopic (exact) mass is 821 g/mol. The van der Waals surface area contributed by atoms with Crippen molar-refractivity contribution in [1.29, 1.82) is 0 Å². The lowest BCUT2D eigenvalue weighted by Gasteiger charge is -2.41. The van der Waals surface area contributed by atoms with E-state index in [0.29, 0.717) is 13.0 Å². The first-order chi connectivity index (χ1) is 27.0. The molecule has 0 aromatic rings. The van der Waals surface area contributed by atoms with Gasteiger partial charge < -0.3 is 39.9 Å². The van der Waals surface area contributed by atoms with Gasteiger partial charge in [-0.3, -0.25) is 13.8 Å². The molecule has 0 saturated heterocycles. The van der Waals surface area contributed by atoms with Gasteiger partial charge >= 0.3 is 13.8 Å². The molecule has 0 aliphatic heterocycles. The lowest BCUT2D eigenvalue weighted by Crippen LogP contribution is -2.64. The summed E-state index contributed by atoms with van der Waals surface area (Å²) in [5.41, 5.74) is 0. The molecular formula is C43H81O12P. The Bertz CT molecular complexity index is 1030. The van der Waals surface area contributed by atoms with Crippen LogP contribution in [0.2, 0.25) is 0 Å². The number of phosphoric ester groups is 1. The maximum Gasteiger partial charge on any atom is 0.472 e. The van der Waals surface area contributed by atoms with E-state index in [4.69, 9.17) is 18.5 Å². The van der Waals surface area contributed by atoms with Crippen molar-refractivity contribution >= 4 is 13.8 Å². The number of ether oxygens (including phenoxy) is 2. The first kappa shape index (κ1) is 52.8. The van der Waals surface area contributed by atoms with E-state index in [1.54, 1.807) is 0 Å². The van der Waals surface area contributed by atoms with E-state index < -0.39 is 63.1 Å². The third kappa shape index (κ3) is 26.7. The van der Waals surface area contributed by atoms with E-state index in [2.05, 4.69) is 38.2 Å². The van der Waals surface area contributed by atoms with Gasteiger partial charge in [-0.05, 0) is 44.9 Å². The fourth-order valence-corrected chi connectivity index (χ4v) is 7.71. The van der Waals surface area contributed by atoms with E-state index in [1.807, 2.05) is 0 Å². The zero-order valence-electron chi connectivity index (χ0n) is 34.9. The summed E-state index contributed by atoms with van der Waals surface area (Å²) in [5.74, 6) is -0.481. The summed E-state index contributed by atoms with van der Waals surface area (Å²) in [6.07, 6.45) is 25.3. The Balaban J connectivity index is 2.42. The maximum absolute atomic E-state index is 12.8. The first-order valence-electron chi connectivity index (χ1n) is 22.2. The Hall–Kier alpha value is -1.18. The molecule has 13 heteroatoms. The summed E-state index contributed by atoms with van der Waals surface area (Å²) in [7, 11) is -5.01. The van der Waals surface area contributed by atoms with Gasteiger partial charge in [0.05, 0.1) is 13.2 Å². The molecule has 1 aliphatic carbocycles. The first-order valence-corrected chi connectivity index (χ1v) is 23.7. The number of esters is 1. The van der Waals surface area contributed by atoms with Gasteiger partial charge in [-0.25, -0.2) is 4.57 Å². The summed E-state index contributed by atoms with van der Waals surface area (Å²) in [4.78, 5) is 23.1. The summed E-state index contributed by atoms with van der Waals surface area (Å²) in [6, 6.07) is 0. The Kier molecular flexibility index (Phi) is 32.7. The molecule has 6 N–H and O–H groups in total. The fraction of sp³-hybridized carbons (Fsp3) is 0.884. The van der Waals surface area contributed by atoms with Crippen LogP contribution in [0, 0.1) is 0 Å². The molecule has 0 aromatic carbocycles. The zero-order valence-corrected chi connectivity index (χ0v) is 35.8. The zero-order chi connectivity index (χ0) is 41.3. The van der Waals surface area contributed by atoms with Crippen LogP contribution in [-0.4, -0.2) is 98.9 Å². The largest absolute Gasteiger partial charge is 0.472 e. The van der Waals surface area contributed by atoms with Crippen LogP contribution in [0.5, 0.6) is 0 Å². The van der Waals surface area contributed by atoms with Crippen molar-refractivity contribution in [3.63, 3.8) is 0 Å². The molecule has 1 rings (SSSR count). The van der Waals surface area contributed by atoms with Crippen molar-refractivity contribution in [2.24, 2.45) is 0 Å². The van der Waals surface area contributed by atoms with Crippen molar-refractivity contribution < 1.29 is 58.3 Å². The van der Waals surface area contributed by atoms with Gasteiger partial charge in [0.2, 0.25) is 0 Å². The van der Waals surface area contributed by atoms with E-state index in [9.17, 15) is 39.8 Å². The van der Waals surface area contributed by atoms with Crippen LogP contribution in [0.1, 0.15) is 181 Å². The summed E-state index contributed by atoms with van der Waals surface area (Å²) < 4.78 is 34.1. The number of hydrogen-bond donors (Lipinski definition) is 6. The minimum atomic E-state index is -5.01. The molecule has 0 heterocycles. The highest BCUT2D eigenvalue weighted by molar-refractivity contribution is 7.47. The van der Waals surface area contributed by atoms with Crippen LogP contribution in [0.4, 0.5) is 0 Å². The summed E-state index contributed by atoms with van der Waals surface area (Å²) in [6.45, 7) is 4.21. The summed E-state index contributed by atoms with van der Waals surface area (Å²) in [5, 5.41) is 50.1. The predicted molar refractivity (Wildman–Crippen MR) is 221 cm³/mol. The molecule has 0 radical (unpaired) electrons. The molecule has 0 bridgehead atoms. The normalized spacial score (nSPS) is 23.2. The molecule has 1 fully saturated rings. The Morgan fingerprint density at radius 1 is 0.571 bits per heavy atom. The smallest absolute Gasteiger partial charge is 0.457 e. The van der Waals surface area contributed by atoms with Gasteiger partial charge in [0.15, 0.2) is 0 Å². The SMILES string of the molecule is CCCCC/C=C\C/C=C\CCCCCCCCOCC(COP(=O)(O)OC1C(O)C(O)C(O)C(O)C1O)OC(=O)CCCCCCCCCCCCCCC. The van der Waals surface area contributed by atoms with Crippen LogP contribution >= 0.6 is 7.82 Å². The third-order valence-electron chi connectivity index (χ3n) is 10.3. The summed E-state index contributed by atoms with van der Waals surface area (Å²) >= 11 is 0. The minimum Gasteiger partial charge on any atom is -0.457 e. The van der Waals surface area contributed by atoms with Crippen molar-refractivity contribution in [3.8, 4) is 0 Å². The van der Waals surface area contributed by atoms with Gasteiger partial charge in [0.1, 0.15) is 42.7 Å². The number of phosphoric acid groups is 1. The molecule has 56 heavy (non-hydrogen) atoms. The highest BCUT2D eigenvalue weighted by Crippen LogP contribution is 2.47. The number of unbranched alkanes of at least 4 members (excludes halogenated alkanes) is 21. The van der Waals surface area contributed by atoms with Gasteiger partial charge in [-0.2, -0.15) is 0 Å². The number of carbonyl (C=O) groups is 1. The van der Waals surface area contributed by atoms with Gasteiger partial charge in [0.25, 0.3) is 0 Å². The lowest BCUT2D eigenvalue weighted by molar-refractivity contribution is -0.220. The average molecular weight is 821 g/mol. The number of hydrogen-bond acceptors (Lipinski definition) is 11. The Morgan fingerprint density at radius 2 is 1.00 bits per heavy atom. The third-order valence-corrected chi connectivity index (χ3v) is 11.3. The highest BCUT2D eigenvalue weighted by Gasteiger charge is 2.51. The number of rotatable bonds is 37. The Morgan fingerprint density at radius 3 is 1.54 bits per heavy atom. The van der Waals surface area contributed by atoms with Crippen LogP contribution in [0.25, 0.3) is 0 Å². The molecule has 1 aliphatic rings. The second kappa shape index (κ2) is 34.7. The molecule has 12 nitrogen and oxygen atoms in total. The van der Waals surface area contributed by atoms with Crippen LogP contribution in [0.15, 0.2) is 24.3 Å². The van der Waals surface area contributed by atoms with Crippen molar-refractivity contribution in [3.05, 3.63) is 24.3 Å². The number of allylic oxidation sites excluding steroid dienone is 4. The molecule has 0 spiro atoms. The standard InChI is InChI=1S/C43H81O12P/c1-3-5-7-9-11-13-15-17-18-19-21-23-25-27-29-31-33-52-34-36(35-53-56(50,51)55-43-41(48)39(46)38(45)40(47)42(43)49)54-37(44)32-30-28-26-24-22-20-16-14-12-10-8-6-4-2/h11,13,17-18,36,38-43,45-49H,3-10,12,14-16,19-35H2,1-2H3,(H,50,51)/b13-11-,18-17-. The highest BCUT2D eigenvalue weighted by atomic mass is 31.2. The van der Waals surface area contributed by atoms with Crippen LogP contribution in [-0.2, 0) is 27.9 Å². The minimum absolute atomic E-state index is 0.0805. The van der Waals surface area contributed by atoms with E-state index in [1.165, 1.54) is 96.3 Å². The second-order valence-corrected chi connectivity index (χ2v) is 17.0.